The van der Waals surface area contributed by atoms with E-state index < -0.39 is 15.9 Å². The van der Waals surface area contributed by atoms with Gasteiger partial charge in [-0.1, -0.05) is 29.3 Å². The van der Waals surface area contributed by atoms with Crippen LogP contribution in [0.25, 0.3) is 0 Å². The van der Waals surface area contributed by atoms with Crippen molar-refractivity contribution in [1.29, 1.82) is 0 Å². The molecule has 1 heterocycles. The molecule has 1 aromatic rings. The smallest absolute Gasteiger partial charge is 0.244 e. The van der Waals surface area contributed by atoms with Crippen LogP contribution >= 0.6 is 23.2 Å². The molecule has 1 aliphatic carbocycles. The van der Waals surface area contributed by atoms with E-state index in [1.54, 1.807) is 6.07 Å². The van der Waals surface area contributed by atoms with Gasteiger partial charge in [0.1, 0.15) is 4.90 Å². The third-order valence-electron chi connectivity index (χ3n) is 5.33. The van der Waals surface area contributed by atoms with E-state index in [1.165, 1.54) is 16.4 Å². The summed E-state index contributed by atoms with van der Waals surface area (Å²) in [5.74, 6) is -0.508. The van der Waals surface area contributed by atoms with Crippen LogP contribution in [0.3, 0.4) is 0 Å². The van der Waals surface area contributed by atoms with Crippen molar-refractivity contribution in [2.24, 2.45) is 5.92 Å². The average molecular weight is 435 g/mol. The predicted octanol–water partition coefficient (Wildman–Crippen LogP) is 2.81. The molecule has 6 nitrogen and oxygen atoms in total. The SMILES string of the molecule is O=C(N[C@H]1CC[C@H](O)CC1)[C@H]1CCCN(S(=O)(=O)c2cccc(Cl)c2Cl)C1. The van der Waals surface area contributed by atoms with Crippen molar-refractivity contribution in [3.05, 3.63) is 28.2 Å². The molecule has 2 aliphatic rings. The lowest BCUT2D eigenvalue weighted by Crippen LogP contribution is -2.48. The second kappa shape index (κ2) is 8.66. The Hall–Kier alpha value is -0.860. The minimum absolute atomic E-state index is 0.00602. The lowest BCUT2D eigenvalue weighted by atomic mass is 9.92. The van der Waals surface area contributed by atoms with E-state index in [4.69, 9.17) is 23.2 Å². The van der Waals surface area contributed by atoms with Crippen LogP contribution in [-0.2, 0) is 14.8 Å². The highest BCUT2D eigenvalue weighted by Crippen LogP contribution is 2.32. The van der Waals surface area contributed by atoms with Crippen molar-refractivity contribution in [1.82, 2.24) is 9.62 Å². The van der Waals surface area contributed by atoms with Gasteiger partial charge in [0.2, 0.25) is 15.9 Å². The molecule has 1 amide bonds. The van der Waals surface area contributed by atoms with Gasteiger partial charge in [-0.3, -0.25) is 4.79 Å². The number of amides is 1. The number of hydrogen-bond acceptors (Lipinski definition) is 4. The van der Waals surface area contributed by atoms with Crippen LogP contribution in [0.4, 0.5) is 0 Å². The number of carbonyl (C=O) groups is 1. The molecular weight excluding hydrogens is 411 g/mol. The lowest BCUT2D eigenvalue weighted by Gasteiger charge is -2.33. The molecule has 1 aromatic carbocycles. The van der Waals surface area contributed by atoms with Gasteiger partial charge in [-0.25, -0.2) is 8.42 Å². The first-order chi connectivity index (χ1) is 12.8. The number of aliphatic hydroxyl groups excluding tert-OH is 1. The molecule has 0 unspecified atom stereocenters. The highest BCUT2D eigenvalue weighted by molar-refractivity contribution is 7.89. The molecule has 3 rings (SSSR count). The number of halogens is 2. The van der Waals surface area contributed by atoms with E-state index in [2.05, 4.69) is 5.32 Å². The van der Waals surface area contributed by atoms with Crippen molar-refractivity contribution < 1.29 is 18.3 Å². The monoisotopic (exact) mass is 434 g/mol. The first kappa shape index (κ1) is 20.9. The molecule has 0 aromatic heterocycles. The Kier molecular flexibility index (Phi) is 6.69. The Bertz CT molecular complexity index is 795. The van der Waals surface area contributed by atoms with E-state index in [0.29, 0.717) is 32.2 Å². The zero-order valence-electron chi connectivity index (χ0n) is 14.9. The Balaban J connectivity index is 1.68. The normalized spacial score (nSPS) is 27.3. The summed E-state index contributed by atoms with van der Waals surface area (Å²) in [4.78, 5) is 12.6. The Morgan fingerprint density at radius 2 is 1.85 bits per heavy atom. The highest BCUT2D eigenvalue weighted by atomic mass is 35.5. The average Bonchev–Trinajstić information content (AvgIpc) is 2.65. The molecule has 2 N–H and O–H groups in total. The number of nitrogens with zero attached hydrogens (tertiary/aromatic N) is 1. The van der Waals surface area contributed by atoms with Gasteiger partial charge < -0.3 is 10.4 Å². The minimum atomic E-state index is -3.82. The number of rotatable bonds is 4. The van der Waals surface area contributed by atoms with Gasteiger partial charge >= 0.3 is 0 Å². The fraction of sp³-hybridized carbons (Fsp3) is 0.611. The molecule has 0 spiro atoms. The number of nitrogens with one attached hydrogen (secondary N) is 1. The van der Waals surface area contributed by atoms with Gasteiger partial charge in [0.05, 0.1) is 22.1 Å². The third kappa shape index (κ3) is 4.77. The van der Waals surface area contributed by atoms with Gasteiger partial charge in [0.25, 0.3) is 0 Å². The van der Waals surface area contributed by atoms with Crippen molar-refractivity contribution >= 4 is 39.1 Å². The zero-order valence-corrected chi connectivity index (χ0v) is 17.2. The summed E-state index contributed by atoms with van der Waals surface area (Å²) < 4.78 is 27.3. The van der Waals surface area contributed by atoms with E-state index in [-0.39, 0.29) is 39.5 Å². The van der Waals surface area contributed by atoms with Gasteiger partial charge in [-0.05, 0) is 50.7 Å². The molecule has 1 aliphatic heterocycles. The van der Waals surface area contributed by atoms with E-state index in [9.17, 15) is 18.3 Å². The zero-order chi connectivity index (χ0) is 19.6. The fourth-order valence-electron chi connectivity index (χ4n) is 3.74. The number of sulfonamides is 1. The maximum Gasteiger partial charge on any atom is 0.244 e. The predicted molar refractivity (Wildman–Crippen MR) is 104 cm³/mol. The quantitative estimate of drug-likeness (QED) is 0.762. The minimum Gasteiger partial charge on any atom is -0.393 e. The second-order valence-electron chi connectivity index (χ2n) is 7.27. The summed E-state index contributed by atoms with van der Waals surface area (Å²) in [5, 5.41) is 12.8. The second-order valence-corrected chi connectivity index (χ2v) is 9.96. The molecule has 9 heteroatoms. The third-order valence-corrected chi connectivity index (χ3v) is 8.17. The summed E-state index contributed by atoms with van der Waals surface area (Å²) in [7, 11) is -3.82. The van der Waals surface area contributed by atoms with Crippen LogP contribution in [0.5, 0.6) is 0 Å². The summed E-state index contributed by atoms with van der Waals surface area (Å²) in [6.07, 6.45) is 3.85. The Morgan fingerprint density at radius 1 is 1.15 bits per heavy atom. The molecule has 2 fully saturated rings. The lowest BCUT2D eigenvalue weighted by molar-refractivity contribution is -0.127. The molecule has 0 radical (unpaired) electrons. The number of benzene rings is 1. The molecule has 150 valence electrons. The van der Waals surface area contributed by atoms with Crippen molar-refractivity contribution in [3.8, 4) is 0 Å². The first-order valence-electron chi connectivity index (χ1n) is 9.21. The Labute approximate surface area is 169 Å². The number of aliphatic hydroxyl groups is 1. The summed E-state index contributed by atoms with van der Waals surface area (Å²) in [6.45, 7) is 0.483. The number of carbonyl (C=O) groups excluding carboxylic acids is 1. The van der Waals surface area contributed by atoms with Crippen LogP contribution in [-0.4, -0.2) is 49.0 Å². The van der Waals surface area contributed by atoms with Crippen LogP contribution < -0.4 is 5.32 Å². The maximum atomic E-state index is 13.0. The highest BCUT2D eigenvalue weighted by Gasteiger charge is 2.35. The van der Waals surface area contributed by atoms with E-state index >= 15 is 0 Å². The van der Waals surface area contributed by atoms with Crippen molar-refractivity contribution in [3.63, 3.8) is 0 Å². The van der Waals surface area contributed by atoms with Gasteiger partial charge in [-0.15, -0.1) is 0 Å². The largest absolute Gasteiger partial charge is 0.393 e. The van der Waals surface area contributed by atoms with Crippen molar-refractivity contribution in [2.45, 2.75) is 55.6 Å². The van der Waals surface area contributed by atoms with Gasteiger partial charge in [0, 0.05) is 19.1 Å². The van der Waals surface area contributed by atoms with Crippen molar-refractivity contribution in [2.75, 3.05) is 13.1 Å². The maximum absolute atomic E-state index is 13.0. The Morgan fingerprint density at radius 3 is 2.56 bits per heavy atom. The molecule has 1 atom stereocenters. The molecule has 0 bridgehead atoms. The molecular formula is C18H24Cl2N2O4S. The van der Waals surface area contributed by atoms with E-state index in [1.807, 2.05) is 0 Å². The topological polar surface area (TPSA) is 86.7 Å². The summed E-state index contributed by atoms with van der Waals surface area (Å²) >= 11 is 12.1. The van der Waals surface area contributed by atoms with Gasteiger partial charge in [0.15, 0.2) is 0 Å². The molecule has 1 saturated carbocycles. The summed E-state index contributed by atoms with van der Waals surface area (Å²) in [6, 6.07) is 4.57. The van der Waals surface area contributed by atoms with Gasteiger partial charge in [-0.2, -0.15) is 4.31 Å². The van der Waals surface area contributed by atoms with Crippen LogP contribution in [0, 0.1) is 5.92 Å². The number of piperidine rings is 1. The van der Waals surface area contributed by atoms with Crippen LogP contribution in [0.2, 0.25) is 10.0 Å². The molecule has 1 saturated heterocycles. The molecule has 27 heavy (non-hydrogen) atoms. The van der Waals surface area contributed by atoms with E-state index in [0.717, 1.165) is 12.8 Å². The van der Waals surface area contributed by atoms with Crippen LogP contribution in [0.15, 0.2) is 23.1 Å². The number of hydrogen-bond donors (Lipinski definition) is 2. The first-order valence-corrected chi connectivity index (χ1v) is 11.4. The standard InChI is InChI=1S/C18H24Cl2N2O4S/c19-15-4-1-5-16(17(15)20)27(25,26)22-10-2-3-12(11-22)18(24)21-13-6-8-14(23)9-7-13/h1,4-5,12-14,23H,2-3,6-11H2,(H,21,24)/t12-,13-,14-/m0/s1. The summed E-state index contributed by atoms with van der Waals surface area (Å²) in [5.41, 5.74) is 0. The van der Waals surface area contributed by atoms with Crippen LogP contribution in [0.1, 0.15) is 38.5 Å². The fourth-order valence-corrected chi connectivity index (χ4v) is 6.00.